The van der Waals surface area contributed by atoms with Gasteiger partial charge in [-0.15, -0.1) is 0 Å². The van der Waals surface area contributed by atoms with Crippen molar-refractivity contribution >= 4 is 11.6 Å². The number of pyridine rings is 1. The number of benzene rings is 2. The van der Waals surface area contributed by atoms with Gasteiger partial charge in [0.25, 0.3) is 0 Å². The van der Waals surface area contributed by atoms with E-state index in [1.54, 1.807) is 30.6 Å². The molecule has 0 radical (unpaired) electrons. The van der Waals surface area contributed by atoms with Crippen LogP contribution in [0, 0.1) is 5.82 Å². The van der Waals surface area contributed by atoms with Gasteiger partial charge in [-0.2, -0.15) is 0 Å². The maximum atomic E-state index is 13.5. The van der Waals surface area contributed by atoms with Crippen LogP contribution >= 0.6 is 0 Å². The molecule has 0 fully saturated rings. The largest absolute Gasteiger partial charge is 0.295 e. The van der Waals surface area contributed by atoms with Gasteiger partial charge >= 0.3 is 0 Å². The second-order valence-electron chi connectivity index (χ2n) is 7.81. The van der Waals surface area contributed by atoms with Gasteiger partial charge in [-0.25, -0.2) is 4.39 Å². The van der Waals surface area contributed by atoms with Crippen LogP contribution in [0.15, 0.2) is 60.9 Å². The van der Waals surface area contributed by atoms with Gasteiger partial charge < -0.3 is 0 Å². The van der Waals surface area contributed by atoms with Gasteiger partial charge in [0.1, 0.15) is 5.82 Å². The first-order valence-corrected chi connectivity index (χ1v) is 10.0. The highest BCUT2D eigenvalue weighted by molar-refractivity contribution is 5.98. The molecular weight excluding hydrogens is 379 g/mol. The van der Waals surface area contributed by atoms with Crippen molar-refractivity contribution in [2.75, 3.05) is 6.54 Å². The number of rotatable bonds is 6. The van der Waals surface area contributed by atoms with Crippen LogP contribution in [0.1, 0.15) is 49.9 Å². The number of carbonyl (C=O) groups is 2. The van der Waals surface area contributed by atoms with E-state index in [1.165, 1.54) is 18.6 Å². The topological polar surface area (TPSA) is 50.3 Å². The Kier molecular flexibility index (Phi) is 5.81. The quantitative estimate of drug-likeness (QED) is 0.573. The standard InChI is InChI=1S/C25H23FN2O2/c1-17(29)20-4-2-18(3-5-20)11-25(30)22-10-19(13-27-14-22)15-28-9-8-21-6-7-24(26)12-23(21)16-28/h2-7,10,12-14H,8-9,11,15-16H2,1H3. The minimum absolute atomic E-state index is 0.00727. The first-order chi connectivity index (χ1) is 14.5. The van der Waals surface area contributed by atoms with E-state index in [1.807, 2.05) is 24.3 Å². The number of fused-ring (bicyclic) bond motifs is 1. The summed E-state index contributed by atoms with van der Waals surface area (Å²) in [4.78, 5) is 30.6. The lowest BCUT2D eigenvalue weighted by Crippen LogP contribution is -2.30. The van der Waals surface area contributed by atoms with Crippen LogP contribution in [0.3, 0.4) is 0 Å². The lowest BCUT2D eigenvalue weighted by Gasteiger charge is -2.28. The van der Waals surface area contributed by atoms with Crippen LogP contribution in [0.25, 0.3) is 0 Å². The minimum Gasteiger partial charge on any atom is -0.295 e. The highest BCUT2D eigenvalue weighted by Gasteiger charge is 2.18. The van der Waals surface area contributed by atoms with Crippen LogP contribution in [-0.4, -0.2) is 28.0 Å². The average Bonchev–Trinajstić information content (AvgIpc) is 2.74. The second kappa shape index (κ2) is 8.67. The predicted molar refractivity (Wildman–Crippen MR) is 113 cm³/mol. The Bertz CT molecular complexity index is 1090. The van der Waals surface area contributed by atoms with Gasteiger partial charge in [-0.05, 0) is 53.8 Å². The zero-order valence-electron chi connectivity index (χ0n) is 16.9. The Balaban J connectivity index is 1.42. The third-order valence-electron chi connectivity index (χ3n) is 5.51. The molecule has 2 aromatic carbocycles. The van der Waals surface area contributed by atoms with Crippen LogP contribution in [0.4, 0.5) is 4.39 Å². The summed E-state index contributed by atoms with van der Waals surface area (Å²) >= 11 is 0. The molecule has 4 nitrogen and oxygen atoms in total. The van der Waals surface area contributed by atoms with Gasteiger partial charge in [0.2, 0.25) is 0 Å². The van der Waals surface area contributed by atoms with Crippen molar-refractivity contribution in [2.24, 2.45) is 0 Å². The Morgan fingerprint density at radius 3 is 2.53 bits per heavy atom. The van der Waals surface area contributed by atoms with Crippen molar-refractivity contribution in [1.29, 1.82) is 0 Å². The molecule has 2 heterocycles. The Labute approximate surface area is 175 Å². The Morgan fingerprint density at radius 2 is 1.77 bits per heavy atom. The molecule has 30 heavy (non-hydrogen) atoms. The fourth-order valence-corrected chi connectivity index (χ4v) is 3.85. The number of ketones is 2. The zero-order valence-corrected chi connectivity index (χ0v) is 16.9. The number of Topliss-reactive ketones (excluding diaryl/α,β-unsaturated/α-hetero) is 2. The molecular formula is C25H23FN2O2. The number of halogens is 1. The molecule has 0 bridgehead atoms. The predicted octanol–water partition coefficient (Wildman–Crippen LogP) is 4.41. The van der Waals surface area contributed by atoms with Crippen molar-refractivity contribution in [3.05, 3.63) is 100 Å². The molecule has 0 spiro atoms. The zero-order chi connectivity index (χ0) is 21.1. The lowest BCUT2D eigenvalue weighted by molar-refractivity contribution is 0.0990. The van der Waals surface area contributed by atoms with Crippen LogP contribution in [-0.2, 0) is 25.9 Å². The summed E-state index contributed by atoms with van der Waals surface area (Å²) in [5.74, 6) is -0.208. The summed E-state index contributed by atoms with van der Waals surface area (Å²) in [6, 6.07) is 14.0. The molecule has 4 rings (SSSR count). The van der Waals surface area contributed by atoms with Crippen molar-refractivity contribution in [3.8, 4) is 0 Å². The van der Waals surface area contributed by atoms with E-state index in [2.05, 4.69) is 9.88 Å². The van der Waals surface area contributed by atoms with Gasteiger partial charge in [0.15, 0.2) is 11.6 Å². The van der Waals surface area contributed by atoms with Crippen molar-refractivity contribution in [2.45, 2.75) is 32.9 Å². The Morgan fingerprint density at radius 1 is 0.967 bits per heavy atom. The Hall–Kier alpha value is -3.18. The minimum atomic E-state index is -0.207. The van der Waals surface area contributed by atoms with Crippen LogP contribution in [0.2, 0.25) is 0 Å². The first kappa shape index (κ1) is 20.1. The van der Waals surface area contributed by atoms with E-state index in [-0.39, 0.29) is 23.8 Å². The van der Waals surface area contributed by atoms with E-state index in [0.717, 1.165) is 29.7 Å². The van der Waals surface area contributed by atoms with Gasteiger partial charge in [0.05, 0.1) is 0 Å². The monoisotopic (exact) mass is 402 g/mol. The van der Waals surface area contributed by atoms with Crippen LogP contribution < -0.4 is 0 Å². The van der Waals surface area contributed by atoms with Gasteiger partial charge in [0, 0.05) is 49.6 Å². The molecule has 1 aliphatic heterocycles. The summed E-state index contributed by atoms with van der Waals surface area (Å²) in [6.07, 6.45) is 4.52. The van der Waals surface area contributed by atoms with E-state index in [0.29, 0.717) is 24.2 Å². The summed E-state index contributed by atoms with van der Waals surface area (Å²) in [5, 5.41) is 0. The highest BCUT2D eigenvalue weighted by atomic mass is 19.1. The highest BCUT2D eigenvalue weighted by Crippen LogP contribution is 2.22. The maximum absolute atomic E-state index is 13.5. The molecule has 1 aliphatic rings. The number of hydrogen-bond donors (Lipinski definition) is 0. The number of hydrogen-bond acceptors (Lipinski definition) is 4. The fraction of sp³-hybridized carbons (Fsp3) is 0.240. The second-order valence-corrected chi connectivity index (χ2v) is 7.81. The molecule has 3 aromatic rings. The molecule has 0 amide bonds. The van der Waals surface area contributed by atoms with Gasteiger partial charge in [-0.3, -0.25) is 19.5 Å². The van der Waals surface area contributed by atoms with E-state index >= 15 is 0 Å². The molecule has 0 atom stereocenters. The summed E-state index contributed by atoms with van der Waals surface area (Å²) in [6.45, 7) is 3.76. The summed E-state index contributed by atoms with van der Waals surface area (Å²) in [5.41, 5.74) is 5.27. The molecule has 0 N–H and O–H groups in total. The molecule has 152 valence electrons. The van der Waals surface area contributed by atoms with Crippen molar-refractivity contribution < 1.29 is 14.0 Å². The van der Waals surface area contributed by atoms with Crippen molar-refractivity contribution in [1.82, 2.24) is 9.88 Å². The first-order valence-electron chi connectivity index (χ1n) is 10.0. The van der Waals surface area contributed by atoms with Crippen molar-refractivity contribution in [3.63, 3.8) is 0 Å². The lowest BCUT2D eigenvalue weighted by atomic mass is 9.99. The fourth-order valence-electron chi connectivity index (χ4n) is 3.85. The molecule has 5 heteroatoms. The maximum Gasteiger partial charge on any atom is 0.168 e. The van der Waals surface area contributed by atoms with E-state index < -0.39 is 0 Å². The third-order valence-corrected chi connectivity index (χ3v) is 5.51. The summed E-state index contributed by atoms with van der Waals surface area (Å²) < 4.78 is 13.5. The third kappa shape index (κ3) is 4.69. The normalized spacial score (nSPS) is 13.7. The molecule has 0 unspecified atom stereocenters. The van der Waals surface area contributed by atoms with Crippen LogP contribution in [0.5, 0.6) is 0 Å². The summed E-state index contributed by atoms with van der Waals surface area (Å²) in [7, 11) is 0. The van der Waals surface area contributed by atoms with E-state index in [4.69, 9.17) is 0 Å². The molecule has 0 saturated heterocycles. The smallest absolute Gasteiger partial charge is 0.168 e. The van der Waals surface area contributed by atoms with E-state index in [9.17, 15) is 14.0 Å². The number of aromatic nitrogens is 1. The van der Waals surface area contributed by atoms with Gasteiger partial charge in [-0.1, -0.05) is 30.3 Å². The molecule has 0 aliphatic carbocycles. The molecule has 1 aromatic heterocycles. The number of carbonyl (C=O) groups excluding carboxylic acids is 2. The molecule has 0 saturated carbocycles. The SMILES string of the molecule is CC(=O)c1ccc(CC(=O)c2cncc(CN3CCc4ccc(F)cc4C3)c2)cc1. The average molecular weight is 402 g/mol. The number of nitrogens with zero attached hydrogens (tertiary/aromatic N) is 2.